The number of hydrogen-bond donors (Lipinski definition) is 1. The first-order chi connectivity index (χ1) is 9.68. The van der Waals surface area contributed by atoms with Crippen LogP contribution in [0.1, 0.15) is 43.1 Å². The predicted molar refractivity (Wildman–Crippen MR) is 77.5 cm³/mol. The minimum Gasteiger partial charge on any atom is -0.376 e. The van der Waals surface area contributed by atoms with Crippen LogP contribution in [-0.4, -0.2) is 35.6 Å². The van der Waals surface area contributed by atoms with Gasteiger partial charge in [0.05, 0.1) is 12.1 Å². The molecular weight excluding hydrogens is 272 g/mol. The molecule has 2 heterocycles. The molecule has 1 unspecified atom stereocenters. The lowest BCUT2D eigenvalue weighted by Gasteiger charge is -2.44. The Hall–Kier alpha value is -0.910. The Labute approximate surface area is 123 Å². The Kier molecular flexibility index (Phi) is 2.75. The molecule has 1 atom stereocenters. The van der Waals surface area contributed by atoms with Crippen molar-refractivity contribution in [1.82, 2.24) is 10.2 Å². The highest BCUT2D eigenvalue weighted by molar-refractivity contribution is 7.10. The molecule has 1 N–H and O–H groups in total. The molecule has 0 bridgehead atoms. The van der Waals surface area contributed by atoms with Gasteiger partial charge >= 0.3 is 0 Å². The molecule has 4 nitrogen and oxygen atoms in total. The van der Waals surface area contributed by atoms with Gasteiger partial charge in [-0.15, -0.1) is 11.3 Å². The summed E-state index contributed by atoms with van der Waals surface area (Å²) in [5.74, 6) is 0.277. The average Bonchev–Trinajstić information content (AvgIpc) is 2.90. The molecule has 0 aromatic carbocycles. The Morgan fingerprint density at radius 1 is 1.45 bits per heavy atom. The van der Waals surface area contributed by atoms with E-state index in [0.717, 1.165) is 32.2 Å². The number of carbonyl (C=O) groups excluding carboxylic acids is 1. The number of nitrogens with one attached hydrogen (secondary N) is 1. The Morgan fingerprint density at radius 3 is 2.75 bits per heavy atom. The topological polar surface area (TPSA) is 41.6 Å². The highest BCUT2D eigenvalue weighted by Gasteiger charge is 2.60. The Balaban J connectivity index is 1.62. The fourth-order valence-electron chi connectivity index (χ4n) is 3.42. The molecule has 3 aliphatic rings. The zero-order chi connectivity index (χ0) is 13.8. The molecule has 0 radical (unpaired) electrons. The molecule has 1 spiro atoms. The molecule has 2 saturated carbocycles. The van der Waals surface area contributed by atoms with Gasteiger partial charge in [0.25, 0.3) is 0 Å². The van der Waals surface area contributed by atoms with Gasteiger partial charge in [-0.25, -0.2) is 0 Å². The van der Waals surface area contributed by atoms with Crippen molar-refractivity contribution in [3.05, 3.63) is 22.4 Å². The summed E-state index contributed by atoms with van der Waals surface area (Å²) in [5, 5.41) is 5.65. The number of ether oxygens (including phenoxy) is 1. The van der Waals surface area contributed by atoms with Gasteiger partial charge in [0, 0.05) is 12.0 Å². The standard InChI is InChI=1S/C15H20N2O2S/c1-19-14(5-3-6-14)10-17-12(11-4-2-9-20-11)16-15(7-8-15)13(17)18/h2,4,9,12,16H,3,5-8,10H2,1H3. The third-order valence-corrected chi connectivity index (χ3v) is 6.04. The summed E-state index contributed by atoms with van der Waals surface area (Å²) in [7, 11) is 1.78. The third-order valence-electron chi connectivity index (χ3n) is 5.11. The van der Waals surface area contributed by atoms with Gasteiger partial charge in [-0.1, -0.05) is 6.07 Å². The van der Waals surface area contributed by atoms with Gasteiger partial charge in [-0.3, -0.25) is 10.1 Å². The number of carbonyl (C=O) groups is 1. The van der Waals surface area contributed by atoms with Gasteiger partial charge in [0.2, 0.25) is 5.91 Å². The van der Waals surface area contributed by atoms with Crippen LogP contribution in [0.3, 0.4) is 0 Å². The van der Waals surface area contributed by atoms with E-state index in [4.69, 9.17) is 4.74 Å². The molecule has 2 aliphatic carbocycles. The molecule has 5 heteroatoms. The van der Waals surface area contributed by atoms with E-state index >= 15 is 0 Å². The number of rotatable bonds is 4. The first-order valence-electron chi connectivity index (χ1n) is 7.35. The largest absolute Gasteiger partial charge is 0.376 e. The average molecular weight is 292 g/mol. The SMILES string of the molecule is COC1(CN2C(=O)C3(CC3)NC2c2cccs2)CCC1. The molecule has 4 rings (SSSR count). The summed E-state index contributed by atoms with van der Waals surface area (Å²) < 4.78 is 5.72. The monoisotopic (exact) mass is 292 g/mol. The summed E-state index contributed by atoms with van der Waals surface area (Å²) in [6.45, 7) is 0.722. The second-order valence-corrected chi connectivity index (χ2v) is 7.30. The lowest BCUT2D eigenvalue weighted by molar-refractivity contribution is -0.140. The van der Waals surface area contributed by atoms with Gasteiger partial charge in [-0.2, -0.15) is 0 Å². The molecule has 108 valence electrons. The van der Waals surface area contributed by atoms with Crippen molar-refractivity contribution >= 4 is 17.2 Å². The maximum Gasteiger partial charge on any atom is 0.244 e. The maximum absolute atomic E-state index is 12.7. The van der Waals surface area contributed by atoms with E-state index in [2.05, 4.69) is 22.8 Å². The predicted octanol–water partition coefficient (Wildman–Crippen LogP) is 2.28. The van der Waals surface area contributed by atoms with Crippen molar-refractivity contribution in [2.24, 2.45) is 0 Å². The number of nitrogens with zero attached hydrogens (tertiary/aromatic N) is 1. The van der Waals surface area contributed by atoms with E-state index in [-0.39, 0.29) is 23.2 Å². The zero-order valence-corrected chi connectivity index (χ0v) is 12.5. The van der Waals surface area contributed by atoms with Crippen LogP contribution in [0.4, 0.5) is 0 Å². The molecule has 3 fully saturated rings. The van der Waals surface area contributed by atoms with Crippen molar-refractivity contribution in [2.75, 3.05) is 13.7 Å². The quantitative estimate of drug-likeness (QED) is 0.925. The second kappa shape index (κ2) is 4.29. The summed E-state index contributed by atoms with van der Waals surface area (Å²) in [5.41, 5.74) is -0.361. The number of methoxy groups -OCH3 is 1. The van der Waals surface area contributed by atoms with Crippen LogP contribution in [0, 0.1) is 0 Å². The first kappa shape index (κ1) is 12.8. The highest BCUT2D eigenvalue weighted by atomic mass is 32.1. The van der Waals surface area contributed by atoms with E-state index in [1.807, 2.05) is 4.90 Å². The van der Waals surface area contributed by atoms with E-state index < -0.39 is 0 Å². The van der Waals surface area contributed by atoms with Crippen LogP contribution >= 0.6 is 11.3 Å². The fourth-order valence-corrected chi connectivity index (χ4v) is 4.21. The lowest BCUT2D eigenvalue weighted by atomic mass is 9.79. The zero-order valence-electron chi connectivity index (χ0n) is 11.7. The van der Waals surface area contributed by atoms with Gasteiger partial charge in [0.1, 0.15) is 11.7 Å². The van der Waals surface area contributed by atoms with Gasteiger partial charge in [-0.05, 0) is 43.6 Å². The minimum absolute atomic E-state index is 0.0395. The molecular formula is C15H20N2O2S. The lowest BCUT2D eigenvalue weighted by Crippen LogP contribution is -2.51. The highest BCUT2D eigenvalue weighted by Crippen LogP contribution is 2.48. The summed E-state index contributed by atoms with van der Waals surface area (Å²) in [6, 6.07) is 4.17. The number of amides is 1. The molecule has 1 aromatic rings. The van der Waals surface area contributed by atoms with Crippen molar-refractivity contribution in [3.8, 4) is 0 Å². The maximum atomic E-state index is 12.7. The first-order valence-corrected chi connectivity index (χ1v) is 8.23. The smallest absolute Gasteiger partial charge is 0.244 e. The third kappa shape index (κ3) is 1.76. The molecule has 1 aliphatic heterocycles. The van der Waals surface area contributed by atoms with E-state index in [0.29, 0.717) is 0 Å². The molecule has 1 amide bonds. The molecule has 1 aromatic heterocycles. The van der Waals surface area contributed by atoms with Crippen LogP contribution in [0.15, 0.2) is 17.5 Å². The van der Waals surface area contributed by atoms with Crippen LogP contribution in [0.2, 0.25) is 0 Å². The fraction of sp³-hybridized carbons (Fsp3) is 0.667. The van der Waals surface area contributed by atoms with E-state index in [1.54, 1.807) is 18.4 Å². The van der Waals surface area contributed by atoms with Gasteiger partial charge < -0.3 is 9.64 Å². The summed E-state index contributed by atoms with van der Waals surface area (Å²) >= 11 is 1.72. The summed E-state index contributed by atoms with van der Waals surface area (Å²) in [4.78, 5) is 16.0. The minimum atomic E-state index is -0.257. The molecule has 20 heavy (non-hydrogen) atoms. The Bertz CT molecular complexity index is 514. The summed E-state index contributed by atoms with van der Waals surface area (Å²) in [6.07, 6.45) is 5.33. The van der Waals surface area contributed by atoms with Crippen molar-refractivity contribution in [2.45, 2.75) is 49.4 Å². The van der Waals surface area contributed by atoms with Crippen LogP contribution in [0.5, 0.6) is 0 Å². The normalized spacial score (nSPS) is 29.8. The number of thiophene rings is 1. The Morgan fingerprint density at radius 2 is 2.25 bits per heavy atom. The van der Waals surface area contributed by atoms with Crippen molar-refractivity contribution in [3.63, 3.8) is 0 Å². The van der Waals surface area contributed by atoms with Crippen LogP contribution < -0.4 is 5.32 Å². The van der Waals surface area contributed by atoms with Crippen molar-refractivity contribution in [1.29, 1.82) is 0 Å². The van der Waals surface area contributed by atoms with Crippen molar-refractivity contribution < 1.29 is 9.53 Å². The molecule has 1 saturated heterocycles. The van der Waals surface area contributed by atoms with Crippen LogP contribution in [-0.2, 0) is 9.53 Å². The van der Waals surface area contributed by atoms with Crippen LogP contribution in [0.25, 0.3) is 0 Å². The van der Waals surface area contributed by atoms with E-state index in [1.165, 1.54) is 11.3 Å². The number of hydrogen-bond acceptors (Lipinski definition) is 4. The second-order valence-electron chi connectivity index (χ2n) is 6.32. The van der Waals surface area contributed by atoms with Gasteiger partial charge in [0.15, 0.2) is 0 Å². The van der Waals surface area contributed by atoms with E-state index in [9.17, 15) is 4.79 Å².